The Hall–Kier alpha value is -1.29. The van der Waals surface area contributed by atoms with Crippen molar-refractivity contribution in [1.29, 1.82) is 0 Å². The van der Waals surface area contributed by atoms with Crippen LogP contribution in [0.5, 0.6) is 5.88 Å². The number of aromatic nitrogens is 1. The summed E-state index contributed by atoms with van der Waals surface area (Å²) < 4.78 is 5.41. The highest BCUT2D eigenvalue weighted by Crippen LogP contribution is 2.24. The average molecular weight is 221 g/mol. The van der Waals surface area contributed by atoms with Crippen LogP contribution in [-0.2, 0) is 0 Å². The van der Waals surface area contributed by atoms with Crippen molar-refractivity contribution >= 4 is 5.82 Å². The van der Waals surface area contributed by atoms with E-state index >= 15 is 0 Å². The maximum absolute atomic E-state index is 5.76. The molecule has 0 radical (unpaired) electrons. The second-order valence-electron chi connectivity index (χ2n) is 3.99. The quantitative estimate of drug-likeness (QED) is 0.835. The Morgan fingerprint density at radius 3 is 3.19 bits per heavy atom. The summed E-state index contributed by atoms with van der Waals surface area (Å²) in [5, 5.41) is 0. The number of hydrogen-bond donors (Lipinski definition) is 1. The second-order valence-corrected chi connectivity index (χ2v) is 3.99. The third-order valence-electron chi connectivity index (χ3n) is 2.94. The maximum atomic E-state index is 5.76. The first-order valence-electron chi connectivity index (χ1n) is 5.91. The molecule has 0 aromatic carbocycles. The van der Waals surface area contributed by atoms with Crippen molar-refractivity contribution in [2.75, 3.05) is 24.6 Å². The molecular weight excluding hydrogens is 202 g/mol. The fourth-order valence-corrected chi connectivity index (χ4v) is 2.17. The Bertz CT molecular complexity index is 343. The number of pyridine rings is 1. The summed E-state index contributed by atoms with van der Waals surface area (Å²) in [5.41, 5.74) is 5.76. The van der Waals surface area contributed by atoms with Gasteiger partial charge in [-0.25, -0.2) is 0 Å². The van der Waals surface area contributed by atoms with Gasteiger partial charge in [0.25, 0.3) is 0 Å². The third kappa shape index (κ3) is 2.27. The molecule has 2 rings (SSSR count). The van der Waals surface area contributed by atoms with Crippen molar-refractivity contribution in [3.8, 4) is 5.88 Å². The van der Waals surface area contributed by atoms with Crippen LogP contribution in [0.2, 0.25) is 0 Å². The van der Waals surface area contributed by atoms with Crippen LogP contribution in [0.15, 0.2) is 18.2 Å². The number of nitrogens with zero attached hydrogens (tertiary/aromatic N) is 2. The molecule has 0 aliphatic carbocycles. The molecule has 1 aromatic rings. The average Bonchev–Trinajstić information content (AvgIpc) is 2.78. The van der Waals surface area contributed by atoms with Gasteiger partial charge in [-0.2, -0.15) is 4.98 Å². The molecule has 0 saturated carbocycles. The molecule has 1 aromatic heterocycles. The zero-order chi connectivity index (χ0) is 11.4. The van der Waals surface area contributed by atoms with E-state index in [-0.39, 0.29) is 0 Å². The molecule has 16 heavy (non-hydrogen) atoms. The summed E-state index contributed by atoms with van der Waals surface area (Å²) in [4.78, 5) is 6.77. The van der Waals surface area contributed by atoms with Crippen LogP contribution in [0, 0.1) is 0 Å². The fraction of sp³-hybridized carbons (Fsp3) is 0.583. The summed E-state index contributed by atoms with van der Waals surface area (Å²) in [5.74, 6) is 1.68. The third-order valence-corrected chi connectivity index (χ3v) is 2.94. The minimum atomic E-state index is 0.435. The van der Waals surface area contributed by atoms with Crippen molar-refractivity contribution < 1.29 is 4.74 Å². The molecule has 2 heterocycles. The number of nitrogens with two attached hydrogens (primary N) is 1. The Labute approximate surface area is 96.4 Å². The molecule has 0 amide bonds. The van der Waals surface area contributed by atoms with Crippen LogP contribution in [0.1, 0.15) is 19.8 Å². The van der Waals surface area contributed by atoms with Gasteiger partial charge in [0.15, 0.2) is 0 Å². The largest absolute Gasteiger partial charge is 0.478 e. The van der Waals surface area contributed by atoms with Crippen molar-refractivity contribution in [3.63, 3.8) is 0 Å². The van der Waals surface area contributed by atoms with Gasteiger partial charge in [0.1, 0.15) is 5.82 Å². The lowest BCUT2D eigenvalue weighted by Crippen LogP contribution is -2.35. The lowest BCUT2D eigenvalue weighted by atomic mass is 10.2. The van der Waals surface area contributed by atoms with Gasteiger partial charge in [-0.05, 0) is 25.8 Å². The predicted molar refractivity (Wildman–Crippen MR) is 64.8 cm³/mol. The normalized spacial score (nSPS) is 20.1. The van der Waals surface area contributed by atoms with Gasteiger partial charge in [0, 0.05) is 25.2 Å². The Kier molecular flexibility index (Phi) is 3.62. The van der Waals surface area contributed by atoms with E-state index in [1.807, 2.05) is 25.1 Å². The standard InChI is InChI=1S/C12H19N3O/c1-2-16-12-7-3-6-11(14-12)15-8-4-5-10(15)9-13/h3,6-7,10H,2,4-5,8-9,13H2,1H3. The summed E-state index contributed by atoms with van der Waals surface area (Å²) >= 11 is 0. The first-order chi connectivity index (χ1) is 7.85. The van der Waals surface area contributed by atoms with Crippen LogP contribution < -0.4 is 15.4 Å². The minimum Gasteiger partial charge on any atom is -0.478 e. The molecule has 1 aliphatic rings. The molecule has 1 saturated heterocycles. The molecule has 1 aliphatic heterocycles. The van der Waals surface area contributed by atoms with E-state index in [0.29, 0.717) is 25.1 Å². The molecule has 1 fully saturated rings. The molecule has 1 atom stereocenters. The number of rotatable bonds is 4. The highest BCUT2D eigenvalue weighted by Gasteiger charge is 2.24. The highest BCUT2D eigenvalue weighted by molar-refractivity contribution is 5.43. The molecule has 88 valence electrons. The fourth-order valence-electron chi connectivity index (χ4n) is 2.17. The van der Waals surface area contributed by atoms with Crippen molar-refractivity contribution in [3.05, 3.63) is 18.2 Å². The first kappa shape index (κ1) is 11.2. The molecule has 0 spiro atoms. The van der Waals surface area contributed by atoms with E-state index in [0.717, 1.165) is 18.8 Å². The van der Waals surface area contributed by atoms with Gasteiger partial charge < -0.3 is 15.4 Å². The number of hydrogen-bond acceptors (Lipinski definition) is 4. The Morgan fingerprint density at radius 1 is 1.56 bits per heavy atom. The van der Waals surface area contributed by atoms with Crippen LogP contribution in [0.25, 0.3) is 0 Å². The van der Waals surface area contributed by atoms with Gasteiger partial charge in [0.2, 0.25) is 5.88 Å². The van der Waals surface area contributed by atoms with E-state index in [1.165, 1.54) is 6.42 Å². The van der Waals surface area contributed by atoms with Crippen molar-refractivity contribution in [2.24, 2.45) is 5.73 Å². The van der Waals surface area contributed by atoms with Crippen molar-refractivity contribution in [1.82, 2.24) is 4.98 Å². The minimum absolute atomic E-state index is 0.435. The van der Waals surface area contributed by atoms with Crippen LogP contribution in [0.4, 0.5) is 5.82 Å². The zero-order valence-electron chi connectivity index (χ0n) is 9.72. The van der Waals surface area contributed by atoms with E-state index in [2.05, 4.69) is 9.88 Å². The van der Waals surface area contributed by atoms with Crippen molar-refractivity contribution in [2.45, 2.75) is 25.8 Å². The molecule has 0 bridgehead atoms. The first-order valence-corrected chi connectivity index (χ1v) is 5.91. The summed E-state index contributed by atoms with van der Waals surface area (Å²) in [7, 11) is 0. The Morgan fingerprint density at radius 2 is 2.44 bits per heavy atom. The SMILES string of the molecule is CCOc1cccc(N2CCCC2CN)n1. The monoisotopic (exact) mass is 221 g/mol. The molecule has 2 N–H and O–H groups in total. The number of anilines is 1. The summed E-state index contributed by atoms with van der Waals surface area (Å²) in [6.07, 6.45) is 2.36. The molecule has 1 unspecified atom stereocenters. The summed E-state index contributed by atoms with van der Waals surface area (Å²) in [6.45, 7) is 4.36. The highest BCUT2D eigenvalue weighted by atomic mass is 16.5. The Balaban J connectivity index is 2.16. The lowest BCUT2D eigenvalue weighted by Gasteiger charge is -2.24. The predicted octanol–water partition coefficient (Wildman–Crippen LogP) is 1.41. The van der Waals surface area contributed by atoms with E-state index in [9.17, 15) is 0 Å². The van der Waals surface area contributed by atoms with Gasteiger partial charge in [-0.15, -0.1) is 0 Å². The van der Waals surface area contributed by atoms with E-state index < -0.39 is 0 Å². The van der Waals surface area contributed by atoms with Crippen LogP contribution in [0.3, 0.4) is 0 Å². The molecular formula is C12H19N3O. The van der Waals surface area contributed by atoms with Gasteiger partial charge in [-0.1, -0.05) is 6.07 Å². The smallest absolute Gasteiger partial charge is 0.215 e. The maximum Gasteiger partial charge on any atom is 0.215 e. The second kappa shape index (κ2) is 5.16. The molecule has 4 nitrogen and oxygen atoms in total. The van der Waals surface area contributed by atoms with E-state index in [4.69, 9.17) is 10.5 Å². The van der Waals surface area contributed by atoms with Gasteiger partial charge in [-0.3, -0.25) is 0 Å². The lowest BCUT2D eigenvalue weighted by molar-refractivity contribution is 0.327. The molecule has 4 heteroatoms. The topological polar surface area (TPSA) is 51.4 Å². The zero-order valence-corrected chi connectivity index (χ0v) is 9.72. The van der Waals surface area contributed by atoms with Crippen LogP contribution >= 0.6 is 0 Å². The number of ether oxygens (including phenoxy) is 1. The van der Waals surface area contributed by atoms with Gasteiger partial charge >= 0.3 is 0 Å². The summed E-state index contributed by atoms with van der Waals surface area (Å²) in [6, 6.07) is 6.33. The van der Waals surface area contributed by atoms with E-state index in [1.54, 1.807) is 0 Å². The van der Waals surface area contributed by atoms with Crippen LogP contribution in [-0.4, -0.2) is 30.7 Å². The van der Waals surface area contributed by atoms with Gasteiger partial charge in [0.05, 0.1) is 6.61 Å².